The average molecular weight is 262 g/mol. The number of nitrogens with zero attached hydrogens (tertiary/aromatic N) is 1. The minimum absolute atomic E-state index is 0.103. The number of carboxylic acids is 1. The number of benzene rings is 1. The van der Waals surface area contributed by atoms with Gasteiger partial charge < -0.3 is 15.3 Å². The van der Waals surface area contributed by atoms with Crippen molar-refractivity contribution >= 4 is 11.9 Å². The third kappa shape index (κ3) is 3.54. The lowest BCUT2D eigenvalue weighted by Crippen LogP contribution is -2.59. The Bertz CT molecular complexity index is 461. The van der Waals surface area contributed by atoms with Crippen molar-refractivity contribution in [1.82, 2.24) is 10.2 Å². The molecule has 0 spiro atoms. The summed E-state index contributed by atoms with van der Waals surface area (Å²) in [7, 11) is 0. The maximum absolute atomic E-state index is 12.2. The van der Waals surface area contributed by atoms with E-state index in [1.165, 1.54) is 0 Å². The molecule has 0 aliphatic carbocycles. The van der Waals surface area contributed by atoms with Crippen LogP contribution >= 0.6 is 0 Å². The molecule has 102 valence electrons. The lowest BCUT2D eigenvalue weighted by Gasteiger charge is -2.36. The van der Waals surface area contributed by atoms with Crippen molar-refractivity contribution in [2.45, 2.75) is 32.0 Å². The molecule has 1 amide bonds. The van der Waals surface area contributed by atoms with Crippen LogP contribution in [0.5, 0.6) is 0 Å². The van der Waals surface area contributed by atoms with Crippen molar-refractivity contribution < 1.29 is 14.7 Å². The zero-order chi connectivity index (χ0) is 13.8. The molecular weight excluding hydrogens is 244 g/mol. The first-order valence-electron chi connectivity index (χ1n) is 6.37. The third-order valence-corrected chi connectivity index (χ3v) is 3.18. The Morgan fingerprint density at radius 2 is 2.11 bits per heavy atom. The average Bonchev–Trinajstić information content (AvgIpc) is 2.35. The summed E-state index contributed by atoms with van der Waals surface area (Å²) in [6, 6.07) is 9.20. The molecule has 1 aliphatic rings. The number of carboxylic acid groups (broad SMARTS) is 1. The predicted molar refractivity (Wildman–Crippen MR) is 70.5 cm³/mol. The molecule has 5 nitrogen and oxygen atoms in total. The van der Waals surface area contributed by atoms with Crippen LogP contribution in [0, 0.1) is 0 Å². The number of hydrogen-bond acceptors (Lipinski definition) is 3. The van der Waals surface area contributed by atoms with E-state index < -0.39 is 12.0 Å². The summed E-state index contributed by atoms with van der Waals surface area (Å²) >= 11 is 0. The Morgan fingerprint density at radius 1 is 1.42 bits per heavy atom. The van der Waals surface area contributed by atoms with E-state index >= 15 is 0 Å². The van der Waals surface area contributed by atoms with Gasteiger partial charge in [0.25, 0.3) is 0 Å². The van der Waals surface area contributed by atoms with E-state index in [1.807, 2.05) is 37.3 Å². The molecule has 2 atom stereocenters. The number of carbonyl (C=O) groups excluding carboxylic acids is 1. The molecular formula is C14H18N2O3. The second kappa shape index (κ2) is 5.84. The SMILES string of the molecule is CC1CN(Cc2ccccc2)C(=O)C(CC(=O)O)N1. The molecule has 1 fully saturated rings. The monoisotopic (exact) mass is 262 g/mol. The van der Waals surface area contributed by atoms with E-state index in [-0.39, 0.29) is 18.4 Å². The molecule has 1 aliphatic heterocycles. The van der Waals surface area contributed by atoms with E-state index in [0.717, 1.165) is 5.56 Å². The predicted octanol–water partition coefficient (Wildman–Crippen LogP) is 0.850. The maximum Gasteiger partial charge on any atom is 0.305 e. The molecule has 0 saturated carbocycles. The van der Waals surface area contributed by atoms with E-state index in [1.54, 1.807) is 4.90 Å². The van der Waals surface area contributed by atoms with Gasteiger partial charge >= 0.3 is 5.97 Å². The molecule has 1 aromatic rings. The highest BCUT2D eigenvalue weighted by molar-refractivity contribution is 5.87. The zero-order valence-corrected chi connectivity index (χ0v) is 10.9. The number of aliphatic carboxylic acids is 1. The van der Waals surface area contributed by atoms with Gasteiger partial charge in [0.15, 0.2) is 0 Å². The first kappa shape index (κ1) is 13.5. The van der Waals surface area contributed by atoms with E-state index in [4.69, 9.17) is 5.11 Å². The Labute approximate surface area is 112 Å². The highest BCUT2D eigenvalue weighted by Gasteiger charge is 2.33. The number of amides is 1. The smallest absolute Gasteiger partial charge is 0.305 e. The Morgan fingerprint density at radius 3 is 2.74 bits per heavy atom. The number of rotatable bonds is 4. The van der Waals surface area contributed by atoms with Crippen LogP contribution in [0.3, 0.4) is 0 Å². The van der Waals surface area contributed by atoms with Gasteiger partial charge in [0.05, 0.1) is 12.5 Å². The number of hydrogen-bond donors (Lipinski definition) is 2. The molecule has 0 radical (unpaired) electrons. The summed E-state index contributed by atoms with van der Waals surface area (Å²) in [5.41, 5.74) is 1.05. The van der Waals surface area contributed by atoms with Crippen LogP contribution in [0.15, 0.2) is 30.3 Å². The van der Waals surface area contributed by atoms with Crippen LogP contribution in [0.2, 0.25) is 0 Å². The van der Waals surface area contributed by atoms with Crippen LogP contribution in [0.25, 0.3) is 0 Å². The fourth-order valence-corrected chi connectivity index (χ4v) is 2.38. The summed E-state index contributed by atoms with van der Waals surface area (Å²) in [5.74, 6) is -1.09. The van der Waals surface area contributed by atoms with Crippen molar-refractivity contribution in [1.29, 1.82) is 0 Å². The van der Waals surface area contributed by atoms with Gasteiger partial charge in [0, 0.05) is 19.1 Å². The van der Waals surface area contributed by atoms with Crippen LogP contribution in [0.1, 0.15) is 18.9 Å². The van der Waals surface area contributed by atoms with Crippen molar-refractivity contribution in [3.8, 4) is 0 Å². The topological polar surface area (TPSA) is 69.6 Å². The Kier molecular flexibility index (Phi) is 4.16. The molecule has 2 rings (SSSR count). The lowest BCUT2D eigenvalue weighted by atomic mass is 10.1. The van der Waals surface area contributed by atoms with Crippen LogP contribution in [-0.2, 0) is 16.1 Å². The van der Waals surface area contributed by atoms with Crippen molar-refractivity contribution in [3.05, 3.63) is 35.9 Å². The first-order chi connectivity index (χ1) is 9.06. The van der Waals surface area contributed by atoms with Crippen LogP contribution in [-0.4, -0.2) is 40.5 Å². The second-order valence-corrected chi connectivity index (χ2v) is 4.92. The van der Waals surface area contributed by atoms with Gasteiger partial charge in [-0.2, -0.15) is 0 Å². The standard InChI is InChI=1S/C14H18N2O3/c1-10-8-16(9-11-5-3-2-4-6-11)14(19)12(15-10)7-13(17)18/h2-6,10,12,15H,7-9H2,1H3,(H,17,18). The summed E-state index contributed by atoms with van der Waals surface area (Å²) in [6.07, 6.45) is -0.172. The van der Waals surface area contributed by atoms with Crippen molar-refractivity contribution in [3.63, 3.8) is 0 Å². The normalized spacial score (nSPS) is 23.4. The second-order valence-electron chi connectivity index (χ2n) is 4.92. The van der Waals surface area contributed by atoms with Gasteiger partial charge in [0.2, 0.25) is 5.91 Å². The van der Waals surface area contributed by atoms with Gasteiger partial charge in [-0.15, -0.1) is 0 Å². The molecule has 0 aromatic heterocycles. The number of nitrogens with one attached hydrogen (secondary N) is 1. The zero-order valence-electron chi connectivity index (χ0n) is 10.9. The number of piperazine rings is 1. The van der Waals surface area contributed by atoms with Crippen LogP contribution in [0.4, 0.5) is 0 Å². The molecule has 19 heavy (non-hydrogen) atoms. The molecule has 1 heterocycles. The van der Waals surface area contributed by atoms with Gasteiger partial charge in [0.1, 0.15) is 0 Å². The van der Waals surface area contributed by atoms with Gasteiger partial charge in [-0.05, 0) is 12.5 Å². The summed E-state index contributed by atoms with van der Waals surface area (Å²) < 4.78 is 0. The van der Waals surface area contributed by atoms with Gasteiger partial charge in [-0.1, -0.05) is 30.3 Å². The first-order valence-corrected chi connectivity index (χ1v) is 6.37. The van der Waals surface area contributed by atoms with E-state index in [9.17, 15) is 9.59 Å². The molecule has 2 N–H and O–H groups in total. The Hall–Kier alpha value is -1.88. The van der Waals surface area contributed by atoms with Gasteiger partial charge in [-0.3, -0.25) is 9.59 Å². The van der Waals surface area contributed by atoms with Crippen LogP contribution < -0.4 is 5.32 Å². The molecule has 1 saturated heterocycles. The fraction of sp³-hybridized carbons (Fsp3) is 0.429. The summed E-state index contributed by atoms with van der Waals surface area (Å²) in [5, 5.41) is 11.9. The minimum atomic E-state index is -0.959. The highest BCUT2D eigenvalue weighted by Crippen LogP contribution is 2.13. The fourth-order valence-electron chi connectivity index (χ4n) is 2.38. The molecule has 1 aromatic carbocycles. The van der Waals surface area contributed by atoms with E-state index in [0.29, 0.717) is 13.1 Å². The van der Waals surface area contributed by atoms with Crippen molar-refractivity contribution in [2.75, 3.05) is 6.54 Å². The maximum atomic E-state index is 12.2. The highest BCUT2D eigenvalue weighted by atomic mass is 16.4. The summed E-state index contributed by atoms with van der Waals surface area (Å²) in [6.45, 7) is 3.09. The minimum Gasteiger partial charge on any atom is -0.481 e. The van der Waals surface area contributed by atoms with E-state index in [2.05, 4.69) is 5.32 Å². The summed E-state index contributed by atoms with van der Waals surface area (Å²) in [4.78, 5) is 24.7. The van der Waals surface area contributed by atoms with Crippen molar-refractivity contribution in [2.24, 2.45) is 0 Å². The largest absolute Gasteiger partial charge is 0.481 e. The van der Waals surface area contributed by atoms with Gasteiger partial charge in [-0.25, -0.2) is 0 Å². The lowest BCUT2D eigenvalue weighted by molar-refractivity contribution is -0.145. The Balaban J connectivity index is 2.07. The third-order valence-electron chi connectivity index (χ3n) is 3.18. The quantitative estimate of drug-likeness (QED) is 0.844. The molecule has 0 bridgehead atoms. The molecule has 2 unspecified atom stereocenters. The number of carbonyl (C=O) groups is 2. The molecule has 5 heteroatoms.